The van der Waals surface area contributed by atoms with E-state index in [2.05, 4.69) is 5.16 Å². The van der Waals surface area contributed by atoms with Gasteiger partial charge in [0.1, 0.15) is 5.69 Å². The third-order valence-corrected chi connectivity index (χ3v) is 2.85. The van der Waals surface area contributed by atoms with Crippen molar-refractivity contribution >= 4 is 11.6 Å². The van der Waals surface area contributed by atoms with Crippen LogP contribution in [0.25, 0.3) is 11.3 Å². The van der Waals surface area contributed by atoms with Gasteiger partial charge < -0.3 is 10.3 Å². The first-order valence-electron chi connectivity index (χ1n) is 5.30. The quantitative estimate of drug-likeness (QED) is 0.911. The summed E-state index contributed by atoms with van der Waals surface area (Å²) < 4.78 is 18.8. The van der Waals surface area contributed by atoms with E-state index >= 15 is 0 Å². The van der Waals surface area contributed by atoms with Crippen molar-refractivity contribution in [2.75, 3.05) is 0 Å². The summed E-state index contributed by atoms with van der Waals surface area (Å²) in [6.45, 7) is 1.94. The van der Waals surface area contributed by atoms with Crippen molar-refractivity contribution in [3.63, 3.8) is 0 Å². The fraction of sp³-hybridized carbons (Fsp3) is 0.250. The molecular formula is C12H12ClFN2O. The molecule has 3 nitrogen and oxygen atoms in total. The molecule has 0 amide bonds. The second kappa shape index (κ2) is 4.85. The highest BCUT2D eigenvalue weighted by atomic mass is 35.5. The highest BCUT2D eigenvalue weighted by Gasteiger charge is 2.15. The van der Waals surface area contributed by atoms with E-state index in [1.807, 2.05) is 6.92 Å². The van der Waals surface area contributed by atoms with Crippen LogP contribution in [0, 0.1) is 5.82 Å². The summed E-state index contributed by atoms with van der Waals surface area (Å²) in [7, 11) is 0. The van der Waals surface area contributed by atoms with Crippen LogP contribution in [0.2, 0.25) is 5.02 Å². The van der Waals surface area contributed by atoms with Crippen molar-refractivity contribution in [3.8, 4) is 11.3 Å². The van der Waals surface area contributed by atoms with Crippen molar-refractivity contribution in [1.82, 2.24) is 5.16 Å². The van der Waals surface area contributed by atoms with Gasteiger partial charge in [-0.05, 0) is 18.6 Å². The molecule has 2 aromatic rings. The topological polar surface area (TPSA) is 52.0 Å². The first-order chi connectivity index (χ1) is 8.13. The van der Waals surface area contributed by atoms with E-state index in [0.29, 0.717) is 17.0 Å². The molecule has 5 heteroatoms. The lowest BCUT2D eigenvalue weighted by atomic mass is 10.1. The van der Waals surface area contributed by atoms with Crippen molar-refractivity contribution in [1.29, 1.82) is 0 Å². The zero-order valence-corrected chi connectivity index (χ0v) is 10.0. The highest BCUT2D eigenvalue weighted by Crippen LogP contribution is 2.28. The van der Waals surface area contributed by atoms with E-state index in [9.17, 15) is 4.39 Å². The summed E-state index contributed by atoms with van der Waals surface area (Å²) in [5.41, 5.74) is 6.52. The van der Waals surface area contributed by atoms with Gasteiger partial charge in [0.25, 0.3) is 0 Å². The lowest BCUT2D eigenvalue weighted by Gasteiger charge is -2.01. The van der Waals surface area contributed by atoms with Gasteiger partial charge in [-0.25, -0.2) is 4.39 Å². The summed E-state index contributed by atoms with van der Waals surface area (Å²) in [6, 6.07) is 6.16. The maximum Gasteiger partial charge on any atom is 0.154 e. The van der Waals surface area contributed by atoms with E-state index in [4.69, 9.17) is 21.9 Å². The van der Waals surface area contributed by atoms with Crippen molar-refractivity contribution in [3.05, 3.63) is 40.9 Å². The van der Waals surface area contributed by atoms with Crippen LogP contribution in [-0.4, -0.2) is 5.16 Å². The Hall–Kier alpha value is -1.39. The third-order valence-electron chi connectivity index (χ3n) is 2.56. The second-order valence-electron chi connectivity index (χ2n) is 3.73. The zero-order valence-electron chi connectivity index (χ0n) is 9.28. The van der Waals surface area contributed by atoms with Gasteiger partial charge in [0, 0.05) is 11.6 Å². The predicted molar refractivity (Wildman–Crippen MR) is 64.1 cm³/mol. The molecule has 2 N–H and O–H groups in total. The smallest absolute Gasteiger partial charge is 0.154 e. The zero-order chi connectivity index (χ0) is 12.4. The molecule has 0 spiro atoms. The van der Waals surface area contributed by atoms with Gasteiger partial charge in [0.15, 0.2) is 11.6 Å². The van der Waals surface area contributed by atoms with Crippen LogP contribution in [0.3, 0.4) is 0 Å². The number of aromatic nitrogens is 1. The average molecular weight is 255 g/mol. The Morgan fingerprint density at radius 2 is 2.29 bits per heavy atom. The molecule has 0 saturated carbocycles. The first kappa shape index (κ1) is 12.1. The Morgan fingerprint density at radius 1 is 1.53 bits per heavy atom. The fourth-order valence-corrected chi connectivity index (χ4v) is 1.67. The molecule has 1 aromatic heterocycles. The molecule has 1 aromatic carbocycles. The van der Waals surface area contributed by atoms with Gasteiger partial charge >= 0.3 is 0 Å². The van der Waals surface area contributed by atoms with Gasteiger partial charge in [-0.15, -0.1) is 0 Å². The van der Waals surface area contributed by atoms with E-state index in [-0.39, 0.29) is 11.1 Å². The van der Waals surface area contributed by atoms with Crippen LogP contribution >= 0.6 is 11.6 Å². The number of nitrogens with two attached hydrogens (primary N) is 1. The van der Waals surface area contributed by atoms with E-state index < -0.39 is 5.82 Å². The summed E-state index contributed by atoms with van der Waals surface area (Å²) in [5.74, 6) is 0.0426. The minimum Gasteiger partial charge on any atom is -0.359 e. The predicted octanol–water partition coefficient (Wildman–Crippen LogP) is 3.54. The molecule has 2 rings (SSSR count). The van der Waals surface area contributed by atoms with Crippen LogP contribution in [0.1, 0.15) is 25.1 Å². The summed E-state index contributed by atoms with van der Waals surface area (Å²) in [5, 5.41) is 3.87. The van der Waals surface area contributed by atoms with E-state index in [1.165, 1.54) is 6.07 Å². The Bertz CT molecular complexity index is 527. The lowest BCUT2D eigenvalue weighted by molar-refractivity contribution is 0.360. The number of hydrogen-bond acceptors (Lipinski definition) is 3. The normalized spacial score (nSPS) is 12.7. The van der Waals surface area contributed by atoms with Crippen molar-refractivity contribution in [2.45, 2.75) is 19.4 Å². The first-order valence-corrected chi connectivity index (χ1v) is 5.67. The molecule has 1 heterocycles. The molecule has 90 valence electrons. The van der Waals surface area contributed by atoms with Crippen LogP contribution in [0.4, 0.5) is 4.39 Å². The maximum atomic E-state index is 13.7. The van der Waals surface area contributed by atoms with Crippen molar-refractivity contribution < 1.29 is 8.91 Å². The molecule has 0 saturated heterocycles. The summed E-state index contributed by atoms with van der Waals surface area (Å²) in [4.78, 5) is 0. The number of benzene rings is 1. The van der Waals surface area contributed by atoms with Crippen LogP contribution in [0.15, 0.2) is 28.8 Å². The molecule has 0 radical (unpaired) electrons. The van der Waals surface area contributed by atoms with Gasteiger partial charge in [-0.2, -0.15) is 0 Å². The molecule has 0 fully saturated rings. The molecule has 0 aliphatic rings. The molecule has 0 aliphatic carbocycles. The molecule has 1 atom stereocenters. The summed E-state index contributed by atoms with van der Waals surface area (Å²) >= 11 is 5.70. The third kappa shape index (κ3) is 2.33. The lowest BCUT2D eigenvalue weighted by Crippen LogP contribution is -2.06. The van der Waals surface area contributed by atoms with Crippen LogP contribution in [0.5, 0.6) is 0 Å². The second-order valence-corrected chi connectivity index (χ2v) is 4.14. The molecular weight excluding hydrogens is 243 g/mol. The molecule has 0 bridgehead atoms. The minimum atomic E-state index is -0.501. The number of halogens is 2. The van der Waals surface area contributed by atoms with Gasteiger partial charge in [0.05, 0.1) is 11.1 Å². The fourth-order valence-electron chi connectivity index (χ4n) is 1.49. The minimum absolute atomic E-state index is 0.0619. The highest BCUT2D eigenvalue weighted by molar-refractivity contribution is 6.31. The van der Waals surface area contributed by atoms with Gasteiger partial charge in [-0.1, -0.05) is 29.7 Å². The van der Waals surface area contributed by atoms with Crippen LogP contribution in [-0.2, 0) is 0 Å². The Labute approximate surface area is 103 Å². The largest absolute Gasteiger partial charge is 0.359 e. The Morgan fingerprint density at radius 3 is 3.00 bits per heavy atom. The average Bonchev–Trinajstić information content (AvgIpc) is 2.81. The maximum absolute atomic E-state index is 13.7. The van der Waals surface area contributed by atoms with E-state index in [1.54, 1.807) is 18.2 Å². The Kier molecular flexibility index (Phi) is 3.45. The molecule has 17 heavy (non-hydrogen) atoms. The monoisotopic (exact) mass is 254 g/mol. The van der Waals surface area contributed by atoms with Gasteiger partial charge in [-0.3, -0.25) is 0 Å². The molecule has 1 unspecified atom stereocenters. The van der Waals surface area contributed by atoms with Crippen molar-refractivity contribution in [2.24, 2.45) is 5.73 Å². The molecule has 0 aliphatic heterocycles. The number of nitrogens with zero attached hydrogens (tertiary/aromatic N) is 1. The van der Waals surface area contributed by atoms with Gasteiger partial charge in [0.2, 0.25) is 0 Å². The standard InChI is InChI=1S/C12H12ClFN2O/c1-2-9(15)11-6-10(16-17-11)7-4-3-5-8(13)12(7)14/h3-6,9H,2,15H2,1H3. The van der Waals surface area contributed by atoms with E-state index in [0.717, 1.165) is 6.42 Å². The number of rotatable bonds is 3. The number of hydrogen-bond donors (Lipinski definition) is 1. The summed E-state index contributed by atoms with van der Waals surface area (Å²) in [6.07, 6.45) is 0.729. The van der Waals surface area contributed by atoms with Crippen LogP contribution < -0.4 is 5.73 Å². The SMILES string of the molecule is CCC(N)c1cc(-c2cccc(Cl)c2F)no1. The Balaban J connectivity index is 2.40.